The van der Waals surface area contributed by atoms with Gasteiger partial charge in [-0.1, -0.05) is 12.1 Å². The molecule has 0 saturated heterocycles. The molecule has 0 spiro atoms. The Balaban J connectivity index is 0.00000200. The molecule has 0 aliphatic heterocycles. The van der Waals surface area contributed by atoms with Crippen LogP contribution in [0.15, 0.2) is 46.0 Å². The van der Waals surface area contributed by atoms with Crippen molar-refractivity contribution in [3.8, 4) is 0 Å². The Labute approximate surface area is 129 Å². The number of rotatable bonds is 6. The van der Waals surface area contributed by atoms with Gasteiger partial charge in [0.25, 0.3) is 0 Å². The topological polar surface area (TPSA) is 72.2 Å². The zero-order chi connectivity index (χ0) is 13.7. The highest BCUT2D eigenvalue weighted by Gasteiger charge is 2.06. The number of nitrogens with two attached hydrogens (primary N) is 1. The maximum atomic E-state index is 11.1. The summed E-state index contributed by atoms with van der Waals surface area (Å²) in [7, 11) is -3.59. The van der Waals surface area contributed by atoms with Crippen LogP contribution in [-0.4, -0.2) is 15.0 Å². The molecule has 0 bridgehead atoms. The Bertz CT molecular complexity index is 610. The van der Waals surface area contributed by atoms with Crippen LogP contribution in [0.2, 0.25) is 0 Å². The van der Waals surface area contributed by atoms with E-state index in [9.17, 15) is 8.42 Å². The van der Waals surface area contributed by atoms with Crippen LogP contribution in [-0.2, 0) is 23.0 Å². The van der Waals surface area contributed by atoms with E-state index < -0.39 is 10.0 Å². The highest BCUT2D eigenvalue weighted by Crippen LogP contribution is 2.09. The van der Waals surface area contributed by atoms with E-state index in [1.54, 1.807) is 35.6 Å². The lowest BCUT2D eigenvalue weighted by atomic mass is 10.1. The molecular weight excluding hydrogens is 316 g/mol. The van der Waals surface area contributed by atoms with Gasteiger partial charge in [-0.15, -0.1) is 0 Å². The van der Waals surface area contributed by atoms with E-state index in [4.69, 9.17) is 5.14 Å². The number of halogens is 1. The van der Waals surface area contributed by atoms with E-state index in [0.29, 0.717) is 0 Å². The van der Waals surface area contributed by atoms with Crippen LogP contribution < -0.4 is 22.9 Å². The molecule has 0 radical (unpaired) electrons. The van der Waals surface area contributed by atoms with Gasteiger partial charge in [-0.05, 0) is 53.1 Å². The number of hydrogen-bond donors (Lipinski definition) is 2. The van der Waals surface area contributed by atoms with E-state index in [1.165, 1.54) is 5.56 Å². The van der Waals surface area contributed by atoms with Crippen LogP contribution in [0.5, 0.6) is 0 Å². The van der Waals surface area contributed by atoms with Crippen molar-refractivity contribution in [3.63, 3.8) is 0 Å². The summed E-state index contributed by atoms with van der Waals surface area (Å²) in [4.78, 5) is 0.155. The quantitative estimate of drug-likeness (QED) is 0.649. The lowest BCUT2D eigenvalue weighted by Gasteiger charge is -2.04. The first kappa shape index (κ1) is 17.1. The number of primary sulfonamides is 1. The summed E-state index contributed by atoms with van der Waals surface area (Å²) in [6.45, 7) is 1.71. The van der Waals surface area contributed by atoms with Crippen LogP contribution in [0.4, 0.5) is 0 Å². The van der Waals surface area contributed by atoms with Crippen molar-refractivity contribution in [1.29, 1.82) is 0 Å². The Morgan fingerprint density at radius 1 is 1.10 bits per heavy atom. The van der Waals surface area contributed by atoms with Crippen LogP contribution >= 0.6 is 11.3 Å². The maximum absolute atomic E-state index is 11.1. The molecule has 0 aliphatic carbocycles. The summed E-state index contributed by atoms with van der Waals surface area (Å²) in [5.74, 6) is 0. The summed E-state index contributed by atoms with van der Waals surface area (Å²) in [5.41, 5.74) is 2.37. The Morgan fingerprint density at radius 2 is 1.80 bits per heavy atom. The van der Waals surface area contributed by atoms with Gasteiger partial charge in [0.2, 0.25) is 10.0 Å². The molecule has 1 heterocycles. The van der Waals surface area contributed by atoms with Crippen molar-refractivity contribution in [2.24, 2.45) is 5.14 Å². The molecule has 0 fully saturated rings. The first-order chi connectivity index (χ1) is 9.05. The zero-order valence-electron chi connectivity index (χ0n) is 10.8. The summed E-state index contributed by atoms with van der Waals surface area (Å²) in [5, 5.41) is 12.6. The standard InChI is InChI=1S/C13H16N2O2S2.ClH/c14-19(16,17)13-3-1-11(2-4-13)5-7-15-9-12-6-8-18-10-12;/h1-4,6,8,10,15H,5,7,9H2,(H2,14,16,17);1H/p-1. The predicted molar refractivity (Wildman–Crippen MR) is 77.5 cm³/mol. The summed E-state index contributed by atoms with van der Waals surface area (Å²) in [6, 6.07) is 8.78. The molecule has 1 aromatic heterocycles. The Morgan fingerprint density at radius 3 is 2.35 bits per heavy atom. The second-order valence-electron chi connectivity index (χ2n) is 4.25. The molecule has 1 aromatic carbocycles. The van der Waals surface area contributed by atoms with Gasteiger partial charge in [0.15, 0.2) is 0 Å². The molecule has 0 unspecified atom stereocenters. The fraction of sp³-hybridized carbons (Fsp3) is 0.231. The number of benzene rings is 1. The molecule has 0 saturated carbocycles. The van der Waals surface area contributed by atoms with E-state index in [0.717, 1.165) is 25.1 Å². The average molecular weight is 332 g/mol. The van der Waals surface area contributed by atoms with Gasteiger partial charge in [-0.3, -0.25) is 0 Å². The molecule has 2 rings (SSSR count). The maximum Gasteiger partial charge on any atom is 0.238 e. The van der Waals surface area contributed by atoms with Crippen molar-refractivity contribution < 1.29 is 20.8 Å². The molecule has 4 nitrogen and oxygen atoms in total. The van der Waals surface area contributed by atoms with Gasteiger partial charge in [0, 0.05) is 6.54 Å². The third kappa shape index (κ3) is 5.22. The van der Waals surface area contributed by atoms with Crippen LogP contribution in [0.1, 0.15) is 11.1 Å². The molecule has 110 valence electrons. The van der Waals surface area contributed by atoms with Gasteiger partial charge in [0.05, 0.1) is 4.90 Å². The number of sulfonamides is 1. The van der Waals surface area contributed by atoms with Crippen molar-refractivity contribution in [2.75, 3.05) is 6.54 Å². The molecule has 20 heavy (non-hydrogen) atoms. The largest absolute Gasteiger partial charge is 1.00 e. The van der Waals surface area contributed by atoms with Gasteiger partial charge < -0.3 is 17.7 Å². The monoisotopic (exact) mass is 331 g/mol. The second-order valence-corrected chi connectivity index (χ2v) is 6.59. The smallest absolute Gasteiger partial charge is 0.238 e. The predicted octanol–water partition coefficient (Wildman–Crippen LogP) is -1.27. The minimum Gasteiger partial charge on any atom is -1.00 e. The lowest BCUT2D eigenvalue weighted by molar-refractivity contribution is -0.00000647. The van der Waals surface area contributed by atoms with Crippen molar-refractivity contribution in [3.05, 3.63) is 52.2 Å². The van der Waals surface area contributed by atoms with Crippen LogP contribution in [0.3, 0.4) is 0 Å². The molecule has 3 N–H and O–H groups in total. The minimum atomic E-state index is -3.59. The lowest BCUT2D eigenvalue weighted by Crippen LogP contribution is -3.00. The highest BCUT2D eigenvalue weighted by atomic mass is 35.5. The third-order valence-electron chi connectivity index (χ3n) is 2.75. The number of thiophene rings is 1. The average Bonchev–Trinajstić information content (AvgIpc) is 2.87. The van der Waals surface area contributed by atoms with Gasteiger partial charge in [0.1, 0.15) is 0 Å². The highest BCUT2D eigenvalue weighted by molar-refractivity contribution is 7.89. The zero-order valence-corrected chi connectivity index (χ0v) is 13.1. The SMILES string of the molecule is NS(=O)(=O)c1ccc(CCNCc2ccsc2)cc1.[Cl-]. The molecular formula is C13H16ClN2O2S2-. The van der Waals surface area contributed by atoms with E-state index in [2.05, 4.69) is 22.1 Å². The summed E-state index contributed by atoms with van der Waals surface area (Å²) in [6.07, 6.45) is 0.856. The Hall–Kier alpha value is -0.920. The van der Waals surface area contributed by atoms with Crippen LogP contribution in [0.25, 0.3) is 0 Å². The number of hydrogen-bond acceptors (Lipinski definition) is 4. The van der Waals surface area contributed by atoms with Gasteiger partial charge in [-0.25, -0.2) is 13.6 Å². The van der Waals surface area contributed by atoms with E-state index >= 15 is 0 Å². The van der Waals surface area contributed by atoms with Gasteiger partial charge in [-0.2, -0.15) is 11.3 Å². The molecule has 0 amide bonds. The summed E-state index contributed by atoms with van der Waals surface area (Å²) < 4.78 is 22.2. The Kier molecular flexibility index (Phi) is 6.64. The van der Waals surface area contributed by atoms with Gasteiger partial charge >= 0.3 is 0 Å². The van der Waals surface area contributed by atoms with Crippen LogP contribution in [0, 0.1) is 0 Å². The van der Waals surface area contributed by atoms with Crippen molar-refractivity contribution in [2.45, 2.75) is 17.9 Å². The summed E-state index contributed by atoms with van der Waals surface area (Å²) >= 11 is 1.69. The first-order valence-electron chi connectivity index (χ1n) is 5.89. The van der Waals surface area contributed by atoms with Crippen molar-refractivity contribution >= 4 is 21.4 Å². The fourth-order valence-corrected chi connectivity index (χ4v) is 2.89. The molecule has 7 heteroatoms. The second kappa shape index (κ2) is 7.75. The normalized spacial score (nSPS) is 11.1. The minimum absolute atomic E-state index is 0. The fourth-order valence-electron chi connectivity index (χ4n) is 1.70. The molecule has 0 aliphatic rings. The van der Waals surface area contributed by atoms with Crippen molar-refractivity contribution in [1.82, 2.24) is 5.32 Å². The van der Waals surface area contributed by atoms with E-state index in [-0.39, 0.29) is 17.3 Å². The molecule has 2 aromatic rings. The first-order valence-corrected chi connectivity index (χ1v) is 8.38. The number of nitrogens with one attached hydrogen (secondary N) is 1. The third-order valence-corrected chi connectivity index (χ3v) is 4.41. The van der Waals surface area contributed by atoms with E-state index in [1.807, 2.05) is 0 Å². The molecule has 0 atom stereocenters.